The van der Waals surface area contributed by atoms with Crippen LogP contribution in [0.15, 0.2) is 0 Å². The van der Waals surface area contributed by atoms with Gasteiger partial charge in [-0.2, -0.15) is 0 Å². The number of carbonyl (C=O) groups is 1. The Morgan fingerprint density at radius 1 is 1.18 bits per heavy atom. The third kappa shape index (κ3) is 4.06. The molecule has 0 aromatic rings. The highest BCUT2D eigenvalue weighted by molar-refractivity contribution is 5.80. The highest BCUT2D eigenvalue weighted by atomic mass is 16.2. The van der Waals surface area contributed by atoms with Crippen LogP contribution in [0.1, 0.15) is 86.0 Å². The maximum Gasteiger partial charge on any atom is 0.226 e. The summed E-state index contributed by atoms with van der Waals surface area (Å²) in [6.45, 7) is 12.6. The fourth-order valence-electron chi connectivity index (χ4n) is 4.95. The van der Waals surface area contributed by atoms with Gasteiger partial charge in [-0.3, -0.25) is 4.79 Å². The van der Waals surface area contributed by atoms with Crippen molar-refractivity contribution in [2.24, 2.45) is 23.2 Å². The summed E-state index contributed by atoms with van der Waals surface area (Å²) in [7, 11) is 0. The number of nitrogens with zero attached hydrogens (tertiary/aromatic N) is 1. The SMILES string of the molecule is CCC1(C)CC(C)CCCCC2C(=O)N(C(C)C)CCC2C1. The second kappa shape index (κ2) is 7.36. The summed E-state index contributed by atoms with van der Waals surface area (Å²) in [5.74, 6) is 2.22. The van der Waals surface area contributed by atoms with Crippen molar-refractivity contribution in [1.29, 1.82) is 0 Å². The molecule has 1 aliphatic heterocycles. The van der Waals surface area contributed by atoms with E-state index in [-0.39, 0.29) is 0 Å². The molecular formula is C20H37NO. The van der Waals surface area contributed by atoms with E-state index < -0.39 is 0 Å². The number of hydrogen-bond donors (Lipinski definition) is 0. The van der Waals surface area contributed by atoms with Crippen LogP contribution in [0.4, 0.5) is 0 Å². The van der Waals surface area contributed by atoms with Crippen molar-refractivity contribution in [3.63, 3.8) is 0 Å². The van der Waals surface area contributed by atoms with Crippen LogP contribution in [0.3, 0.4) is 0 Å². The zero-order valence-electron chi connectivity index (χ0n) is 15.5. The monoisotopic (exact) mass is 307 g/mol. The Kier molecular flexibility index (Phi) is 5.96. The lowest BCUT2D eigenvalue weighted by molar-refractivity contribution is -0.144. The van der Waals surface area contributed by atoms with Gasteiger partial charge in [-0.15, -0.1) is 0 Å². The first-order valence-electron chi connectivity index (χ1n) is 9.67. The van der Waals surface area contributed by atoms with Crippen LogP contribution in [0.25, 0.3) is 0 Å². The van der Waals surface area contributed by atoms with Crippen molar-refractivity contribution >= 4 is 5.91 Å². The maximum absolute atomic E-state index is 13.0. The molecule has 22 heavy (non-hydrogen) atoms. The topological polar surface area (TPSA) is 20.3 Å². The third-order valence-electron chi connectivity index (χ3n) is 6.45. The van der Waals surface area contributed by atoms with Gasteiger partial charge in [0, 0.05) is 18.5 Å². The average Bonchev–Trinajstić information content (AvgIpc) is 2.45. The summed E-state index contributed by atoms with van der Waals surface area (Å²) in [5.41, 5.74) is 0.431. The molecular weight excluding hydrogens is 270 g/mol. The van der Waals surface area contributed by atoms with Crippen molar-refractivity contribution in [2.45, 2.75) is 92.0 Å². The summed E-state index contributed by atoms with van der Waals surface area (Å²) < 4.78 is 0. The van der Waals surface area contributed by atoms with E-state index in [1.165, 1.54) is 44.9 Å². The zero-order valence-corrected chi connectivity index (χ0v) is 15.5. The minimum absolute atomic E-state index is 0.301. The van der Waals surface area contributed by atoms with E-state index in [1.807, 2.05) is 0 Å². The molecule has 128 valence electrons. The molecule has 1 heterocycles. The normalized spacial score (nSPS) is 38.0. The molecule has 0 N–H and O–H groups in total. The minimum Gasteiger partial charge on any atom is -0.340 e. The van der Waals surface area contributed by atoms with Gasteiger partial charge in [0.05, 0.1) is 0 Å². The fourth-order valence-corrected chi connectivity index (χ4v) is 4.95. The molecule has 4 atom stereocenters. The van der Waals surface area contributed by atoms with Crippen LogP contribution in [0.5, 0.6) is 0 Å². The first kappa shape index (κ1) is 17.8. The van der Waals surface area contributed by atoms with Crippen LogP contribution in [0.2, 0.25) is 0 Å². The Morgan fingerprint density at radius 2 is 1.86 bits per heavy atom. The van der Waals surface area contributed by atoms with Gasteiger partial charge in [0.25, 0.3) is 0 Å². The second-order valence-corrected chi connectivity index (χ2v) is 8.74. The molecule has 0 spiro atoms. The van der Waals surface area contributed by atoms with Gasteiger partial charge in [0.1, 0.15) is 0 Å². The molecule has 2 rings (SSSR count). The maximum atomic E-state index is 13.0. The van der Waals surface area contributed by atoms with Gasteiger partial charge in [-0.1, -0.05) is 46.5 Å². The molecule has 2 fully saturated rings. The second-order valence-electron chi connectivity index (χ2n) is 8.74. The lowest BCUT2D eigenvalue weighted by Gasteiger charge is -2.44. The molecule has 0 aromatic carbocycles. The number of fused-ring (bicyclic) bond motifs is 1. The van der Waals surface area contributed by atoms with Gasteiger partial charge >= 0.3 is 0 Å². The molecule has 2 heteroatoms. The Labute approximate surface area is 138 Å². The lowest BCUT2D eigenvalue weighted by atomic mass is 9.66. The van der Waals surface area contributed by atoms with E-state index in [0.29, 0.717) is 29.2 Å². The molecule has 1 amide bonds. The van der Waals surface area contributed by atoms with Gasteiger partial charge in [-0.05, 0) is 56.8 Å². The molecule has 1 saturated heterocycles. The van der Waals surface area contributed by atoms with Crippen molar-refractivity contribution in [3.05, 3.63) is 0 Å². The van der Waals surface area contributed by atoms with E-state index in [2.05, 4.69) is 39.5 Å². The van der Waals surface area contributed by atoms with Crippen LogP contribution in [-0.2, 0) is 4.79 Å². The van der Waals surface area contributed by atoms with Crippen LogP contribution in [-0.4, -0.2) is 23.4 Å². The smallest absolute Gasteiger partial charge is 0.226 e. The number of hydrogen-bond acceptors (Lipinski definition) is 1. The Balaban J connectivity index is 2.17. The molecule has 0 aromatic heterocycles. The molecule has 0 radical (unpaired) electrons. The number of amides is 1. The van der Waals surface area contributed by atoms with Crippen molar-refractivity contribution in [1.82, 2.24) is 4.90 Å². The summed E-state index contributed by atoms with van der Waals surface area (Å²) in [5, 5.41) is 0. The van der Waals surface area contributed by atoms with E-state index >= 15 is 0 Å². The van der Waals surface area contributed by atoms with E-state index in [1.54, 1.807) is 0 Å². The number of piperidine rings is 1. The van der Waals surface area contributed by atoms with Crippen molar-refractivity contribution < 1.29 is 4.79 Å². The van der Waals surface area contributed by atoms with Gasteiger partial charge < -0.3 is 4.90 Å². The summed E-state index contributed by atoms with van der Waals surface area (Å²) >= 11 is 0. The first-order valence-corrected chi connectivity index (χ1v) is 9.67. The molecule has 0 bridgehead atoms. The van der Waals surface area contributed by atoms with E-state index in [4.69, 9.17) is 0 Å². The molecule has 4 unspecified atom stereocenters. The quantitative estimate of drug-likeness (QED) is 0.681. The molecule has 2 nitrogen and oxygen atoms in total. The standard InChI is InChI=1S/C20H37NO/c1-6-20(5)13-16(4)9-7-8-10-18-17(14-20)11-12-21(15(2)3)19(18)22/h15-18H,6-14H2,1-5H3. The molecule has 1 aliphatic carbocycles. The first-order chi connectivity index (χ1) is 10.4. The fraction of sp³-hybridized carbons (Fsp3) is 0.950. The Bertz CT molecular complexity index is 378. The number of carbonyl (C=O) groups excluding carboxylic acids is 1. The third-order valence-corrected chi connectivity index (χ3v) is 6.45. The van der Waals surface area contributed by atoms with Gasteiger partial charge in [0.2, 0.25) is 5.91 Å². The largest absolute Gasteiger partial charge is 0.340 e. The van der Waals surface area contributed by atoms with E-state index in [9.17, 15) is 4.79 Å². The number of likely N-dealkylation sites (tertiary alicyclic amines) is 1. The molecule has 1 saturated carbocycles. The highest BCUT2D eigenvalue weighted by Crippen LogP contribution is 2.44. The predicted octanol–water partition coefficient (Wildman–Crippen LogP) is 5.27. The summed E-state index contributed by atoms with van der Waals surface area (Å²) in [6.07, 6.45) is 10.1. The van der Waals surface area contributed by atoms with Gasteiger partial charge in [-0.25, -0.2) is 0 Å². The van der Waals surface area contributed by atoms with Crippen LogP contribution >= 0.6 is 0 Å². The lowest BCUT2D eigenvalue weighted by Crippen LogP contribution is -2.49. The zero-order chi connectivity index (χ0) is 16.3. The highest BCUT2D eigenvalue weighted by Gasteiger charge is 2.40. The minimum atomic E-state index is 0.301. The molecule has 2 aliphatic rings. The van der Waals surface area contributed by atoms with Crippen LogP contribution < -0.4 is 0 Å². The summed E-state index contributed by atoms with van der Waals surface area (Å²) in [6, 6.07) is 0.362. The predicted molar refractivity (Wildman–Crippen MR) is 93.7 cm³/mol. The van der Waals surface area contributed by atoms with Crippen LogP contribution in [0, 0.1) is 23.2 Å². The summed E-state index contributed by atoms with van der Waals surface area (Å²) in [4.78, 5) is 15.1. The van der Waals surface area contributed by atoms with Crippen molar-refractivity contribution in [3.8, 4) is 0 Å². The number of rotatable bonds is 2. The Morgan fingerprint density at radius 3 is 2.50 bits per heavy atom. The van der Waals surface area contributed by atoms with E-state index in [0.717, 1.165) is 18.9 Å². The van der Waals surface area contributed by atoms with Gasteiger partial charge in [0.15, 0.2) is 0 Å². The Hall–Kier alpha value is -0.530. The van der Waals surface area contributed by atoms with Crippen molar-refractivity contribution in [2.75, 3.05) is 6.54 Å². The average molecular weight is 308 g/mol.